The first-order valence-corrected chi connectivity index (χ1v) is 12.1. The van der Waals surface area contributed by atoms with Crippen LogP contribution in [0, 0.1) is 31.3 Å². The third-order valence-corrected chi connectivity index (χ3v) is 6.51. The Morgan fingerprint density at radius 3 is 2.18 bits per heavy atom. The Bertz CT molecular complexity index is 1550. The van der Waals surface area contributed by atoms with Crippen LogP contribution >= 0.6 is 0 Å². The number of imidazole rings is 1. The average molecular weight is 550 g/mol. The van der Waals surface area contributed by atoms with Crippen LogP contribution < -0.4 is 5.56 Å². The van der Waals surface area contributed by atoms with Gasteiger partial charge in [0.1, 0.15) is 6.10 Å². The maximum atomic E-state index is 14.0. The molecule has 0 saturated carbocycles. The van der Waals surface area contributed by atoms with Crippen LogP contribution in [0.3, 0.4) is 0 Å². The molecule has 0 saturated heterocycles. The van der Waals surface area contributed by atoms with Crippen molar-refractivity contribution in [2.45, 2.75) is 51.9 Å². The van der Waals surface area contributed by atoms with E-state index in [0.29, 0.717) is 40.9 Å². The highest BCUT2D eigenvalue weighted by Crippen LogP contribution is 2.34. The Morgan fingerprint density at radius 2 is 1.64 bits per heavy atom. The molecule has 0 bridgehead atoms. The summed E-state index contributed by atoms with van der Waals surface area (Å²) in [5.41, 5.74) is -0.680. The largest absolute Gasteiger partial charge is 0.417 e. The highest BCUT2D eigenvalue weighted by molar-refractivity contribution is 5.45. The quantitative estimate of drug-likeness (QED) is 0.210. The van der Waals surface area contributed by atoms with Gasteiger partial charge in [0.15, 0.2) is 17.5 Å². The van der Waals surface area contributed by atoms with E-state index in [4.69, 9.17) is 0 Å². The Morgan fingerprint density at radius 1 is 0.974 bits per heavy atom. The predicted molar refractivity (Wildman–Crippen MR) is 132 cm³/mol. The monoisotopic (exact) mass is 549 g/mol. The molecule has 1 N–H and O–H groups in total. The van der Waals surface area contributed by atoms with Crippen molar-refractivity contribution in [2.24, 2.45) is 0 Å². The molecule has 2 heterocycles. The minimum atomic E-state index is -4.90. The van der Waals surface area contributed by atoms with Gasteiger partial charge < -0.3 is 14.2 Å². The second-order valence-corrected chi connectivity index (χ2v) is 9.37. The SMILES string of the molecule is CCCC(c1cc(F)c(F)c(F)c1)n1cc(C(F)(F)F)cc(C(O)c2ccc(-n3cnc(C)c3)c(C)c2)c1=O. The molecule has 2 atom stereocenters. The summed E-state index contributed by atoms with van der Waals surface area (Å²) in [5.74, 6) is -4.80. The average Bonchev–Trinajstić information content (AvgIpc) is 3.30. The van der Waals surface area contributed by atoms with Crippen LogP contribution in [0.4, 0.5) is 26.3 Å². The fraction of sp³-hybridized carbons (Fsp3) is 0.286. The highest BCUT2D eigenvalue weighted by Gasteiger charge is 2.34. The van der Waals surface area contributed by atoms with E-state index in [1.165, 1.54) is 6.07 Å². The molecule has 5 nitrogen and oxygen atoms in total. The maximum absolute atomic E-state index is 14.0. The first-order chi connectivity index (χ1) is 18.3. The molecule has 11 heteroatoms. The van der Waals surface area contributed by atoms with Crippen molar-refractivity contribution in [3.05, 3.63) is 116 Å². The van der Waals surface area contributed by atoms with Crippen molar-refractivity contribution in [3.63, 3.8) is 0 Å². The fourth-order valence-corrected chi connectivity index (χ4v) is 4.58. The molecule has 0 fully saturated rings. The Hall–Kier alpha value is -3.86. The molecule has 206 valence electrons. The van der Waals surface area contributed by atoms with Crippen LogP contribution in [0.2, 0.25) is 0 Å². The molecule has 0 amide bonds. The smallest absolute Gasteiger partial charge is 0.383 e. The topological polar surface area (TPSA) is 60.1 Å². The predicted octanol–water partition coefficient (Wildman–Crippen LogP) is 6.56. The molecular formula is C28H25F6N3O2. The third kappa shape index (κ3) is 5.63. The first-order valence-electron chi connectivity index (χ1n) is 12.1. The summed E-state index contributed by atoms with van der Waals surface area (Å²) in [4.78, 5) is 17.7. The molecule has 0 aliphatic rings. The van der Waals surface area contributed by atoms with Gasteiger partial charge >= 0.3 is 6.18 Å². The van der Waals surface area contributed by atoms with E-state index >= 15 is 0 Å². The summed E-state index contributed by atoms with van der Waals surface area (Å²) in [6.07, 6.45) is -2.40. The van der Waals surface area contributed by atoms with E-state index in [-0.39, 0.29) is 17.5 Å². The van der Waals surface area contributed by atoms with Crippen LogP contribution in [0.25, 0.3) is 5.69 Å². The minimum absolute atomic E-state index is 0.0133. The Balaban J connectivity index is 1.86. The lowest BCUT2D eigenvalue weighted by Crippen LogP contribution is -2.31. The molecule has 2 unspecified atom stereocenters. The molecule has 2 aromatic heterocycles. The second kappa shape index (κ2) is 10.7. The Labute approximate surface area is 220 Å². The number of nitrogens with zero attached hydrogens (tertiary/aromatic N) is 3. The zero-order valence-electron chi connectivity index (χ0n) is 21.2. The number of aromatic nitrogens is 3. The lowest BCUT2D eigenvalue weighted by molar-refractivity contribution is -0.138. The van der Waals surface area contributed by atoms with Crippen molar-refractivity contribution >= 4 is 0 Å². The van der Waals surface area contributed by atoms with E-state index in [1.54, 1.807) is 43.1 Å². The first kappa shape index (κ1) is 28.2. The number of aliphatic hydroxyl groups is 1. The zero-order chi connectivity index (χ0) is 28.6. The summed E-state index contributed by atoms with van der Waals surface area (Å²) in [6, 6.07) is 5.30. The van der Waals surface area contributed by atoms with E-state index in [9.17, 15) is 36.2 Å². The number of pyridine rings is 1. The molecule has 2 aromatic carbocycles. The van der Waals surface area contributed by atoms with Gasteiger partial charge in [-0.2, -0.15) is 13.2 Å². The lowest BCUT2D eigenvalue weighted by atomic mass is 9.97. The summed E-state index contributed by atoms with van der Waals surface area (Å²) < 4.78 is 85.8. The van der Waals surface area contributed by atoms with E-state index in [0.717, 1.165) is 11.4 Å². The van der Waals surface area contributed by atoms with Crippen molar-refractivity contribution in [3.8, 4) is 5.69 Å². The van der Waals surface area contributed by atoms with Crippen LogP contribution in [0.5, 0.6) is 0 Å². The molecule has 0 aliphatic heterocycles. The number of rotatable bonds is 7. The lowest BCUT2D eigenvalue weighted by Gasteiger charge is -2.24. The summed E-state index contributed by atoms with van der Waals surface area (Å²) in [5, 5.41) is 11.1. The summed E-state index contributed by atoms with van der Waals surface area (Å²) in [6.45, 7) is 5.22. The molecule has 4 aromatic rings. The van der Waals surface area contributed by atoms with Crippen molar-refractivity contribution in [2.75, 3.05) is 0 Å². The summed E-state index contributed by atoms with van der Waals surface area (Å²) in [7, 11) is 0. The van der Waals surface area contributed by atoms with Gasteiger partial charge in [0.2, 0.25) is 0 Å². The fourth-order valence-electron chi connectivity index (χ4n) is 4.58. The van der Waals surface area contributed by atoms with Crippen LogP contribution in [-0.2, 0) is 6.18 Å². The van der Waals surface area contributed by atoms with E-state index in [1.807, 2.05) is 6.92 Å². The maximum Gasteiger partial charge on any atom is 0.417 e. The number of halogens is 6. The van der Waals surface area contributed by atoms with Crippen molar-refractivity contribution in [1.82, 2.24) is 14.1 Å². The van der Waals surface area contributed by atoms with Gasteiger partial charge in [0.25, 0.3) is 5.56 Å². The van der Waals surface area contributed by atoms with Gasteiger partial charge in [-0.15, -0.1) is 0 Å². The second-order valence-electron chi connectivity index (χ2n) is 9.37. The van der Waals surface area contributed by atoms with Crippen LogP contribution in [0.1, 0.15) is 65.4 Å². The van der Waals surface area contributed by atoms with Crippen LogP contribution in [-0.4, -0.2) is 19.2 Å². The van der Waals surface area contributed by atoms with Gasteiger partial charge in [0, 0.05) is 18.1 Å². The Kier molecular flexibility index (Phi) is 7.74. The van der Waals surface area contributed by atoms with Gasteiger partial charge in [-0.25, -0.2) is 18.2 Å². The molecule has 4 rings (SSSR count). The third-order valence-electron chi connectivity index (χ3n) is 6.51. The molecule has 39 heavy (non-hydrogen) atoms. The molecule has 0 radical (unpaired) electrons. The highest BCUT2D eigenvalue weighted by atomic mass is 19.4. The van der Waals surface area contributed by atoms with Gasteiger partial charge in [-0.1, -0.05) is 25.5 Å². The van der Waals surface area contributed by atoms with Crippen LogP contribution in [0.15, 0.2) is 59.9 Å². The zero-order valence-corrected chi connectivity index (χ0v) is 21.2. The number of hydrogen-bond donors (Lipinski definition) is 1. The number of aryl methyl sites for hydroxylation is 2. The number of alkyl halides is 3. The number of hydrogen-bond acceptors (Lipinski definition) is 3. The number of aliphatic hydroxyl groups excluding tert-OH is 1. The van der Waals surface area contributed by atoms with Crippen molar-refractivity contribution < 1.29 is 31.4 Å². The summed E-state index contributed by atoms with van der Waals surface area (Å²) >= 11 is 0. The molecular weight excluding hydrogens is 524 g/mol. The number of benzene rings is 2. The van der Waals surface area contributed by atoms with E-state index in [2.05, 4.69) is 4.98 Å². The minimum Gasteiger partial charge on any atom is -0.383 e. The molecule has 0 aliphatic carbocycles. The van der Waals surface area contributed by atoms with Gasteiger partial charge in [-0.3, -0.25) is 4.79 Å². The van der Waals surface area contributed by atoms with Gasteiger partial charge in [-0.05, 0) is 61.2 Å². The normalized spacial score (nSPS) is 13.5. The van der Waals surface area contributed by atoms with Crippen molar-refractivity contribution in [1.29, 1.82) is 0 Å². The van der Waals surface area contributed by atoms with Gasteiger partial charge in [0.05, 0.1) is 29.2 Å². The molecule has 0 spiro atoms. The standard InChI is InChI=1S/C28H25F6N3O2/c1-4-5-24(18-9-21(29)25(31)22(30)10-18)37-13-19(28(32,33)34)11-20(27(37)39)26(38)17-6-7-23(15(2)8-17)36-12-16(3)35-14-36/h6-14,24,26,38H,4-5H2,1-3H3. The van der Waals surface area contributed by atoms with E-state index < -0.39 is 52.5 Å².